The number of benzene rings is 1. The highest BCUT2D eigenvalue weighted by Crippen LogP contribution is 2.24. The molecule has 0 fully saturated rings. The van der Waals surface area contributed by atoms with E-state index in [1.807, 2.05) is 0 Å². The monoisotopic (exact) mass is 305 g/mol. The molecule has 108 valence electrons. The van der Waals surface area contributed by atoms with Gasteiger partial charge >= 0.3 is 6.18 Å². The van der Waals surface area contributed by atoms with Gasteiger partial charge in [0.05, 0.1) is 5.69 Å². The third kappa shape index (κ3) is 4.44. The van der Waals surface area contributed by atoms with Crippen LogP contribution >= 0.6 is 11.8 Å². The first-order valence-electron chi connectivity index (χ1n) is 5.65. The maximum Gasteiger partial charge on any atom is 0.408 e. The van der Waals surface area contributed by atoms with Gasteiger partial charge in [-0.1, -0.05) is 28.4 Å². The molecule has 0 aliphatic rings. The topological polar surface area (TPSA) is 31.9 Å². The van der Waals surface area contributed by atoms with Crippen LogP contribution in [-0.4, -0.2) is 22.7 Å². The van der Waals surface area contributed by atoms with Crippen LogP contribution in [0.25, 0.3) is 0 Å². The van der Waals surface area contributed by atoms with E-state index in [-0.39, 0.29) is 10.8 Å². The number of imidazole rings is 1. The first-order valence-corrected chi connectivity index (χ1v) is 6.64. The van der Waals surface area contributed by atoms with Gasteiger partial charge in [0.15, 0.2) is 5.16 Å². The molecule has 20 heavy (non-hydrogen) atoms. The second kappa shape index (κ2) is 6.17. The van der Waals surface area contributed by atoms with Gasteiger partial charge in [0.1, 0.15) is 6.54 Å². The van der Waals surface area contributed by atoms with Crippen LogP contribution in [0.5, 0.6) is 0 Å². The van der Waals surface area contributed by atoms with Gasteiger partial charge in [-0.15, -0.1) is 0 Å². The minimum Gasteiger partial charge on any atom is -0.340 e. The first-order chi connectivity index (χ1) is 9.44. The number of rotatable bonds is 5. The number of anilines is 1. The minimum absolute atomic E-state index is 0.117. The number of hydrogen-bond donors (Lipinski definition) is 1. The van der Waals surface area contributed by atoms with Crippen molar-refractivity contribution in [3.05, 3.63) is 42.2 Å². The first kappa shape index (κ1) is 14.7. The summed E-state index contributed by atoms with van der Waals surface area (Å²) >= 11 is 1.45. The summed E-state index contributed by atoms with van der Waals surface area (Å²) in [6, 6.07) is 5.83. The van der Waals surface area contributed by atoms with E-state index < -0.39 is 12.7 Å². The van der Waals surface area contributed by atoms with E-state index in [2.05, 4.69) is 9.97 Å². The number of aromatic nitrogens is 2. The summed E-state index contributed by atoms with van der Waals surface area (Å²) < 4.78 is 49.4. The second-order valence-electron chi connectivity index (χ2n) is 3.98. The fourth-order valence-electron chi connectivity index (χ4n) is 1.48. The summed E-state index contributed by atoms with van der Waals surface area (Å²) in [6.45, 7) is -1.62. The van der Waals surface area contributed by atoms with Gasteiger partial charge in [-0.05, 0) is 17.7 Å². The molecule has 3 nitrogen and oxygen atoms in total. The van der Waals surface area contributed by atoms with E-state index in [4.69, 9.17) is 0 Å². The number of alkyl halides is 3. The van der Waals surface area contributed by atoms with Crippen LogP contribution in [0.15, 0.2) is 41.8 Å². The summed E-state index contributed by atoms with van der Waals surface area (Å²) in [5.41, 5.74) is 0.754. The Hall–Kier alpha value is -1.70. The normalized spacial score (nSPS) is 11.6. The zero-order valence-electron chi connectivity index (χ0n) is 10.2. The van der Waals surface area contributed by atoms with Crippen molar-refractivity contribution in [1.29, 1.82) is 0 Å². The van der Waals surface area contributed by atoms with Crippen molar-refractivity contribution in [2.75, 3.05) is 11.7 Å². The van der Waals surface area contributed by atoms with Crippen LogP contribution in [0.1, 0.15) is 5.56 Å². The number of nitrogens with one attached hydrogen (secondary N) is 1. The number of hydrogen-bond acceptors (Lipinski definition) is 3. The highest BCUT2D eigenvalue weighted by molar-refractivity contribution is 7.98. The molecule has 0 bridgehead atoms. The van der Waals surface area contributed by atoms with Crippen molar-refractivity contribution < 1.29 is 17.7 Å². The Morgan fingerprint density at radius 1 is 1.20 bits per heavy atom. The van der Waals surface area contributed by atoms with Crippen LogP contribution in [0.3, 0.4) is 0 Å². The molecule has 1 N–H and O–H groups in total. The number of aromatic amines is 1. The van der Waals surface area contributed by atoms with E-state index in [0.29, 0.717) is 5.75 Å². The number of nitrogens with zero attached hydrogens (tertiary/aromatic N) is 2. The van der Waals surface area contributed by atoms with Crippen LogP contribution in [0.2, 0.25) is 0 Å². The van der Waals surface area contributed by atoms with Crippen LogP contribution < -0.4 is 5.12 Å². The van der Waals surface area contributed by atoms with Gasteiger partial charge in [-0.2, -0.15) is 13.2 Å². The van der Waals surface area contributed by atoms with Gasteiger partial charge in [-0.25, -0.2) is 10.1 Å². The van der Waals surface area contributed by atoms with E-state index in [0.717, 1.165) is 10.7 Å². The fourth-order valence-corrected chi connectivity index (χ4v) is 2.27. The average molecular weight is 305 g/mol. The van der Waals surface area contributed by atoms with Crippen LogP contribution in [0, 0.1) is 0 Å². The summed E-state index contributed by atoms with van der Waals surface area (Å²) in [6.07, 6.45) is -1.24. The summed E-state index contributed by atoms with van der Waals surface area (Å²) in [4.78, 5) is 6.95. The molecule has 0 atom stereocenters. The lowest BCUT2D eigenvalue weighted by Gasteiger charge is -2.16. The molecule has 0 spiro atoms. The van der Waals surface area contributed by atoms with Crippen molar-refractivity contribution >= 4 is 17.4 Å². The molecule has 1 aromatic heterocycles. The molecule has 0 aliphatic carbocycles. The number of thioether (sulfide) groups is 1. The molecule has 0 saturated heterocycles. The average Bonchev–Trinajstić information content (AvgIpc) is 2.88. The fraction of sp³-hybridized carbons (Fsp3) is 0.250. The van der Waals surface area contributed by atoms with Crippen LogP contribution in [-0.2, 0) is 5.75 Å². The maximum absolute atomic E-state index is 13.3. The van der Waals surface area contributed by atoms with E-state index in [1.165, 1.54) is 23.9 Å². The van der Waals surface area contributed by atoms with E-state index >= 15 is 0 Å². The van der Waals surface area contributed by atoms with Crippen molar-refractivity contribution in [2.45, 2.75) is 17.1 Å². The zero-order valence-corrected chi connectivity index (χ0v) is 11.0. The highest BCUT2D eigenvalue weighted by atomic mass is 32.2. The van der Waals surface area contributed by atoms with Gasteiger partial charge in [0.2, 0.25) is 0 Å². The molecule has 8 heteroatoms. The summed E-state index contributed by atoms with van der Waals surface area (Å²) in [5, 5.41) is 0.432. The van der Waals surface area contributed by atoms with Crippen molar-refractivity contribution in [1.82, 2.24) is 9.97 Å². The number of halogens is 4. The molecular weight excluding hydrogens is 294 g/mol. The standard InChI is InChI=1S/C12H11F4N3S/c13-12(14,15)8-19(16)10-3-1-9(2-4-10)7-20-11-17-5-6-18-11/h1-6H,7-8H2,(H,17,18). The predicted molar refractivity (Wildman–Crippen MR) is 69.1 cm³/mol. The van der Waals surface area contributed by atoms with E-state index in [1.54, 1.807) is 24.5 Å². The molecule has 0 radical (unpaired) electrons. The molecule has 1 aromatic carbocycles. The molecule has 0 aliphatic heterocycles. The smallest absolute Gasteiger partial charge is 0.340 e. The molecular formula is C12H11F4N3S. The summed E-state index contributed by atoms with van der Waals surface area (Å²) in [7, 11) is 0. The van der Waals surface area contributed by atoms with Crippen molar-refractivity contribution in [3.8, 4) is 0 Å². The Labute approximate surface area is 116 Å². The number of H-pyrrole nitrogens is 1. The van der Waals surface area contributed by atoms with Gasteiger partial charge in [-0.3, -0.25) is 0 Å². The lowest BCUT2D eigenvalue weighted by atomic mass is 10.2. The molecule has 1 heterocycles. The molecule has 0 unspecified atom stereocenters. The molecule has 2 aromatic rings. The zero-order chi connectivity index (χ0) is 14.6. The van der Waals surface area contributed by atoms with Gasteiger partial charge in [0, 0.05) is 18.1 Å². The molecule has 0 saturated carbocycles. The van der Waals surface area contributed by atoms with E-state index in [9.17, 15) is 17.7 Å². The lowest BCUT2D eigenvalue weighted by Crippen LogP contribution is -2.27. The highest BCUT2D eigenvalue weighted by Gasteiger charge is 2.31. The minimum atomic E-state index is -4.57. The molecule has 2 rings (SSSR count). The molecule has 0 amide bonds. The quantitative estimate of drug-likeness (QED) is 0.515. The van der Waals surface area contributed by atoms with Gasteiger partial charge in [0.25, 0.3) is 0 Å². The third-order valence-corrected chi connectivity index (χ3v) is 3.36. The Kier molecular flexibility index (Phi) is 4.53. The Balaban J connectivity index is 1.92. The van der Waals surface area contributed by atoms with Gasteiger partial charge < -0.3 is 4.98 Å². The van der Waals surface area contributed by atoms with Crippen molar-refractivity contribution in [3.63, 3.8) is 0 Å². The Morgan fingerprint density at radius 3 is 2.45 bits per heavy atom. The second-order valence-corrected chi connectivity index (χ2v) is 4.95. The van der Waals surface area contributed by atoms with Crippen molar-refractivity contribution in [2.24, 2.45) is 0 Å². The maximum atomic E-state index is 13.3. The third-order valence-electron chi connectivity index (χ3n) is 2.38. The SMILES string of the molecule is FN(CC(F)(F)F)c1ccc(CSc2ncc[nH]2)cc1. The Bertz CT molecular complexity index is 525. The lowest BCUT2D eigenvalue weighted by molar-refractivity contribution is -0.124. The summed E-state index contributed by atoms with van der Waals surface area (Å²) in [5.74, 6) is 0.597. The largest absolute Gasteiger partial charge is 0.408 e. The van der Waals surface area contributed by atoms with Crippen LogP contribution in [0.4, 0.5) is 23.3 Å². The predicted octanol–water partition coefficient (Wildman–Crippen LogP) is 3.96. The Morgan fingerprint density at radius 2 is 1.90 bits per heavy atom.